The summed E-state index contributed by atoms with van der Waals surface area (Å²) in [5.74, 6) is -0.148. The van der Waals surface area contributed by atoms with E-state index in [0.717, 1.165) is 11.1 Å². The Balaban J connectivity index is 1.88. The van der Waals surface area contributed by atoms with Gasteiger partial charge in [-0.25, -0.2) is 14.4 Å². The number of nitrogens with two attached hydrogens (primary N) is 1. The largest absolute Gasteiger partial charge is 0.405 e. The molecule has 1 heterocycles. The zero-order chi connectivity index (χ0) is 19.4. The number of hydrogen-bond donors (Lipinski definition) is 2. The molecule has 0 saturated heterocycles. The average Bonchev–Trinajstić information content (AvgIpc) is 2.67. The maximum absolute atomic E-state index is 13.3. The molecule has 1 aromatic heterocycles. The van der Waals surface area contributed by atoms with Gasteiger partial charge in [-0.05, 0) is 61.2 Å². The lowest BCUT2D eigenvalue weighted by Crippen LogP contribution is -2.22. The molecule has 1 amide bonds. The summed E-state index contributed by atoms with van der Waals surface area (Å²) in [5, 5.41) is 3.44. The number of benzene rings is 2. The van der Waals surface area contributed by atoms with E-state index < -0.39 is 0 Å². The molecule has 136 valence electrons. The van der Waals surface area contributed by atoms with Gasteiger partial charge in [-0.1, -0.05) is 0 Å². The van der Waals surface area contributed by atoms with Crippen molar-refractivity contribution < 1.29 is 9.18 Å². The molecule has 0 atom stereocenters. The van der Waals surface area contributed by atoms with Gasteiger partial charge in [0.2, 0.25) is 0 Å². The Hall–Kier alpha value is -3.61. The van der Waals surface area contributed by atoms with Gasteiger partial charge in [-0.2, -0.15) is 0 Å². The summed E-state index contributed by atoms with van der Waals surface area (Å²) in [6.07, 6.45) is 4.29. The van der Waals surface area contributed by atoms with Crippen LogP contribution in [0.5, 0.6) is 0 Å². The highest BCUT2D eigenvalue weighted by atomic mass is 19.1. The van der Waals surface area contributed by atoms with Gasteiger partial charge in [0.25, 0.3) is 5.91 Å². The summed E-state index contributed by atoms with van der Waals surface area (Å²) in [6.45, 7) is 1.87. The average molecular weight is 363 g/mol. The van der Waals surface area contributed by atoms with E-state index in [-0.39, 0.29) is 17.4 Å². The predicted molar refractivity (Wildman–Crippen MR) is 105 cm³/mol. The van der Waals surface area contributed by atoms with Gasteiger partial charge in [0.05, 0.1) is 5.52 Å². The molecule has 0 unspecified atom stereocenters. The summed E-state index contributed by atoms with van der Waals surface area (Å²) >= 11 is 0. The molecule has 27 heavy (non-hydrogen) atoms. The fraction of sp³-hybridized carbons (Fsp3) is 0.100. The van der Waals surface area contributed by atoms with Crippen molar-refractivity contribution >= 4 is 28.2 Å². The third-order valence-corrected chi connectivity index (χ3v) is 4.00. The Morgan fingerprint density at radius 1 is 1.26 bits per heavy atom. The first-order valence-electron chi connectivity index (χ1n) is 8.21. The van der Waals surface area contributed by atoms with Gasteiger partial charge in [0.1, 0.15) is 11.5 Å². The SMILES string of the molecule is CN=C(C=CN)C(=O)Nc1ccc(-c2ncc3cc(F)ccc3n2)cc1C. The Kier molecular flexibility index (Phi) is 5.21. The lowest BCUT2D eigenvalue weighted by atomic mass is 10.1. The second kappa shape index (κ2) is 7.74. The van der Waals surface area contributed by atoms with Crippen LogP contribution in [-0.2, 0) is 4.79 Å². The third-order valence-electron chi connectivity index (χ3n) is 4.00. The molecule has 0 saturated carbocycles. The summed E-state index contributed by atoms with van der Waals surface area (Å²) in [7, 11) is 1.52. The third kappa shape index (κ3) is 3.98. The number of rotatable bonds is 4. The van der Waals surface area contributed by atoms with Crippen LogP contribution in [0.2, 0.25) is 0 Å². The van der Waals surface area contributed by atoms with Crippen LogP contribution in [0, 0.1) is 12.7 Å². The highest BCUT2D eigenvalue weighted by Gasteiger charge is 2.11. The quantitative estimate of drug-likeness (QED) is 0.696. The molecule has 0 radical (unpaired) electrons. The number of hydrogen-bond acceptors (Lipinski definition) is 5. The Morgan fingerprint density at radius 3 is 2.78 bits per heavy atom. The Morgan fingerprint density at radius 2 is 2.07 bits per heavy atom. The number of aromatic nitrogens is 2. The molecule has 7 heteroatoms. The predicted octanol–water partition coefficient (Wildman–Crippen LogP) is 3.23. The van der Waals surface area contributed by atoms with Crippen molar-refractivity contribution in [2.24, 2.45) is 10.7 Å². The first-order valence-corrected chi connectivity index (χ1v) is 8.21. The molecule has 3 aromatic rings. The van der Waals surface area contributed by atoms with Crippen molar-refractivity contribution in [1.82, 2.24) is 9.97 Å². The van der Waals surface area contributed by atoms with Gasteiger partial charge < -0.3 is 11.1 Å². The smallest absolute Gasteiger partial charge is 0.273 e. The van der Waals surface area contributed by atoms with E-state index in [9.17, 15) is 9.18 Å². The molecular formula is C20H18FN5O. The summed E-state index contributed by atoms with van der Waals surface area (Å²) in [4.78, 5) is 24.9. The van der Waals surface area contributed by atoms with Crippen molar-refractivity contribution in [1.29, 1.82) is 0 Å². The number of fused-ring (bicyclic) bond motifs is 1. The van der Waals surface area contributed by atoms with Crippen molar-refractivity contribution in [2.45, 2.75) is 6.92 Å². The monoisotopic (exact) mass is 363 g/mol. The normalized spacial score (nSPS) is 11.9. The zero-order valence-electron chi connectivity index (χ0n) is 14.9. The summed E-state index contributed by atoms with van der Waals surface area (Å²) < 4.78 is 13.3. The molecule has 0 aliphatic rings. The van der Waals surface area contributed by atoms with Crippen LogP contribution in [-0.4, -0.2) is 28.6 Å². The number of aryl methyl sites for hydroxylation is 1. The van der Waals surface area contributed by atoms with E-state index in [1.165, 1.54) is 31.5 Å². The molecule has 6 nitrogen and oxygen atoms in total. The number of carbonyl (C=O) groups excluding carboxylic acids is 1. The fourth-order valence-corrected chi connectivity index (χ4v) is 2.62. The molecular weight excluding hydrogens is 345 g/mol. The van der Waals surface area contributed by atoms with E-state index in [0.29, 0.717) is 22.4 Å². The van der Waals surface area contributed by atoms with E-state index in [4.69, 9.17) is 5.73 Å². The molecule has 3 rings (SSSR count). The van der Waals surface area contributed by atoms with Crippen LogP contribution in [0.4, 0.5) is 10.1 Å². The topological polar surface area (TPSA) is 93.3 Å². The van der Waals surface area contributed by atoms with E-state index in [2.05, 4.69) is 20.3 Å². The first-order chi connectivity index (χ1) is 13.0. The molecule has 2 aromatic carbocycles. The second-order valence-corrected chi connectivity index (χ2v) is 5.85. The molecule has 0 bridgehead atoms. The molecule has 0 spiro atoms. The fourth-order valence-electron chi connectivity index (χ4n) is 2.62. The zero-order valence-corrected chi connectivity index (χ0v) is 14.9. The lowest BCUT2D eigenvalue weighted by molar-refractivity contribution is -0.110. The van der Waals surface area contributed by atoms with Gasteiger partial charge >= 0.3 is 0 Å². The summed E-state index contributed by atoms with van der Waals surface area (Å²) in [6, 6.07) is 9.85. The highest BCUT2D eigenvalue weighted by molar-refractivity contribution is 6.47. The van der Waals surface area contributed by atoms with Crippen molar-refractivity contribution in [3.05, 3.63) is 66.3 Å². The Labute approximate surface area is 155 Å². The standard InChI is InChI=1S/C20H18FN5O/c1-12-9-13(3-5-16(12)26-20(27)18(23-2)7-8-22)19-24-11-14-10-15(21)4-6-17(14)25-19/h3-11H,22H2,1-2H3,(H,26,27). The minimum absolute atomic E-state index is 0.228. The molecule has 0 aliphatic heterocycles. The van der Waals surface area contributed by atoms with Gasteiger partial charge in [0.15, 0.2) is 5.82 Å². The van der Waals surface area contributed by atoms with Crippen molar-refractivity contribution in [3.8, 4) is 11.4 Å². The number of nitrogens with one attached hydrogen (secondary N) is 1. The number of aliphatic imine (C=N–C) groups is 1. The molecule has 0 fully saturated rings. The number of amides is 1. The minimum atomic E-state index is -0.348. The van der Waals surface area contributed by atoms with Gasteiger partial charge in [0, 0.05) is 29.9 Å². The van der Waals surface area contributed by atoms with Gasteiger partial charge in [-0.15, -0.1) is 0 Å². The molecule has 0 aliphatic carbocycles. The van der Waals surface area contributed by atoms with Crippen LogP contribution in [0.15, 0.2) is 59.9 Å². The minimum Gasteiger partial charge on any atom is -0.405 e. The van der Waals surface area contributed by atoms with Crippen LogP contribution >= 0.6 is 0 Å². The first kappa shape index (κ1) is 18.2. The van der Waals surface area contributed by atoms with Crippen molar-refractivity contribution in [3.63, 3.8) is 0 Å². The van der Waals surface area contributed by atoms with Crippen LogP contribution in [0.25, 0.3) is 22.3 Å². The van der Waals surface area contributed by atoms with Crippen LogP contribution in [0.1, 0.15) is 5.56 Å². The molecule has 3 N–H and O–H groups in total. The van der Waals surface area contributed by atoms with Gasteiger partial charge in [-0.3, -0.25) is 9.79 Å². The van der Waals surface area contributed by atoms with Crippen LogP contribution in [0.3, 0.4) is 0 Å². The van der Waals surface area contributed by atoms with E-state index in [1.54, 1.807) is 18.3 Å². The van der Waals surface area contributed by atoms with Crippen LogP contribution < -0.4 is 11.1 Å². The number of nitrogens with zero attached hydrogens (tertiary/aromatic N) is 3. The number of anilines is 1. The van der Waals surface area contributed by atoms with E-state index >= 15 is 0 Å². The maximum Gasteiger partial charge on any atom is 0.273 e. The number of halogens is 1. The Bertz CT molecular complexity index is 1080. The second-order valence-electron chi connectivity index (χ2n) is 5.85. The van der Waals surface area contributed by atoms with E-state index in [1.807, 2.05) is 19.1 Å². The lowest BCUT2D eigenvalue weighted by Gasteiger charge is -2.10. The highest BCUT2D eigenvalue weighted by Crippen LogP contribution is 2.24. The van der Waals surface area contributed by atoms with Crippen molar-refractivity contribution in [2.75, 3.05) is 12.4 Å². The number of carbonyl (C=O) groups is 1. The maximum atomic E-state index is 13.3. The summed E-state index contributed by atoms with van der Waals surface area (Å²) in [5.41, 5.74) is 8.50.